The summed E-state index contributed by atoms with van der Waals surface area (Å²) in [6.45, 7) is 6.09. The van der Waals surface area contributed by atoms with E-state index in [0.29, 0.717) is 6.10 Å². The Balaban J connectivity index is 0.00000180. The molecule has 2 rings (SSSR count). The van der Waals surface area contributed by atoms with Crippen LogP contribution < -0.4 is 0 Å². The van der Waals surface area contributed by atoms with Crippen LogP contribution in [-0.2, 0) is 4.74 Å². The van der Waals surface area contributed by atoms with Crippen LogP contribution in [0.5, 0.6) is 0 Å². The van der Waals surface area contributed by atoms with Crippen LogP contribution in [-0.4, -0.2) is 62.2 Å². The third kappa shape index (κ3) is 5.45. The fourth-order valence-electron chi connectivity index (χ4n) is 2.44. The Morgan fingerprint density at radius 2 is 1.84 bits per heavy atom. The first kappa shape index (κ1) is 17.0. The highest BCUT2D eigenvalue weighted by molar-refractivity contribution is 14.0. The van der Waals surface area contributed by atoms with E-state index in [1.54, 1.807) is 0 Å². The maximum atomic E-state index is 5.98. The van der Waals surface area contributed by atoms with E-state index in [4.69, 9.17) is 4.74 Å². The molecule has 0 N–H and O–H groups in total. The van der Waals surface area contributed by atoms with Crippen LogP contribution in [0.3, 0.4) is 0 Å². The average Bonchev–Trinajstić information content (AvgIpc) is 3.18. The minimum atomic E-state index is 0. The van der Waals surface area contributed by atoms with Gasteiger partial charge in [-0.05, 0) is 38.5 Å². The summed E-state index contributed by atoms with van der Waals surface area (Å²) < 4.78 is 5.98. The molecule has 0 bridgehead atoms. The van der Waals surface area contributed by atoms with Crippen LogP contribution in [0.15, 0.2) is 4.99 Å². The van der Waals surface area contributed by atoms with Gasteiger partial charge in [0, 0.05) is 40.3 Å². The van der Waals surface area contributed by atoms with Gasteiger partial charge in [0.15, 0.2) is 5.96 Å². The van der Waals surface area contributed by atoms with E-state index in [9.17, 15) is 0 Å². The van der Waals surface area contributed by atoms with Crippen LogP contribution >= 0.6 is 24.0 Å². The van der Waals surface area contributed by atoms with Crippen molar-refractivity contribution in [2.24, 2.45) is 10.9 Å². The van der Waals surface area contributed by atoms with Crippen LogP contribution in [0.25, 0.3) is 0 Å². The summed E-state index contributed by atoms with van der Waals surface area (Å²) in [5.41, 5.74) is 0. The summed E-state index contributed by atoms with van der Waals surface area (Å²) in [4.78, 5) is 9.09. The fourth-order valence-corrected chi connectivity index (χ4v) is 2.44. The van der Waals surface area contributed by atoms with E-state index in [1.807, 2.05) is 0 Å². The number of likely N-dealkylation sites (tertiary alicyclic amines) is 1. The van der Waals surface area contributed by atoms with Crippen molar-refractivity contribution in [3.05, 3.63) is 0 Å². The van der Waals surface area contributed by atoms with Crippen molar-refractivity contribution in [2.45, 2.75) is 38.7 Å². The lowest BCUT2D eigenvalue weighted by Gasteiger charge is -2.36. The molecule has 0 spiro atoms. The highest BCUT2D eigenvalue weighted by Crippen LogP contribution is 2.30. The van der Waals surface area contributed by atoms with Gasteiger partial charge in [-0.15, -0.1) is 24.0 Å². The largest absolute Gasteiger partial charge is 0.378 e. The monoisotopic (exact) mass is 381 g/mol. The van der Waals surface area contributed by atoms with Gasteiger partial charge in [0.05, 0.1) is 6.10 Å². The highest BCUT2D eigenvalue weighted by Gasteiger charge is 2.26. The van der Waals surface area contributed by atoms with Crippen molar-refractivity contribution < 1.29 is 4.74 Å². The summed E-state index contributed by atoms with van der Waals surface area (Å²) in [5, 5.41) is 0. The van der Waals surface area contributed by atoms with E-state index < -0.39 is 0 Å². The lowest BCUT2D eigenvalue weighted by Crippen LogP contribution is -2.46. The van der Waals surface area contributed by atoms with Crippen LogP contribution in [0.1, 0.15) is 32.6 Å². The molecule has 1 saturated heterocycles. The Labute approximate surface area is 134 Å². The quantitative estimate of drug-likeness (QED) is 0.426. The number of ether oxygens (including phenoxy) is 1. The van der Waals surface area contributed by atoms with Crippen molar-refractivity contribution in [3.8, 4) is 0 Å². The molecular weight excluding hydrogens is 353 g/mol. The number of rotatable bonds is 4. The molecule has 0 aromatic heterocycles. The molecule has 0 aromatic carbocycles. The summed E-state index contributed by atoms with van der Waals surface area (Å²) in [6.07, 6.45) is 5.53. The predicted octanol–water partition coefficient (Wildman–Crippen LogP) is 2.43. The van der Waals surface area contributed by atoms with Crippen LogP contribution in [0, 0.1) is 5.92 Å². The SMILES string of the molecule is CCN=C(N(C)C)N1CCC(OCC2CC2)CC1.I. The Hall–Kier alpha value is -0.0400. The summed E-state index contributed by atoms with van der Waals surface area (Å²) in [7, 11) is 4.15. The highest BCUT2D eigenvalue weighted by atomic mass is 127. The zero-order valence-corrected chi connectivity index (χ0v) is 14.8. The molecule has 19 heavy (non-hydrogen) atoms. The standard InChI is InChI=1S/C14H27N3O.HI/c1-4-15-14(16(2)3)17-9-7-13(8-10-17)18-11-12-5-6-12;/h12-13H,4-11H2,1-3H3;1H. The van der Waals surface area contributed by atoms with Gasteiger partial charge in [-0.25, -0.2) is 0 Å². The minimum absolute atomic E-state index is 0. The van der Waals surface area contributed by atoms with Gasteiger partial charge in [-0.3, -0.25) is 4.99 Å². The van der Waals surface area contributed by atoms with Crippen LogP contribution in [0.4, 0.5) is 0 Å². The molecular formula is C14H28IN3O. The molecule has 4 nitrogen and oxygen atoms in total. The molecule has 1 heterocycles. The lowest BCUT2D eigenvalue weighted by atomic mass is 10.1. The first-order chi connectivity index (χ1) is 8.70. The van der Waals surface area contributed by atoms with Crippen molar-refractivity contribution in [3.63, 3.8) is 0 Å². The molecule has 0 radical (unpaired) electrons. The molecule has 1 saturated carbocycles. The van der Waals surface area contributed by atoms with Crippen molar-refractivity contribution in [1.29, 1.82) is 0 Å². The normalized spacial score (nSPS) is 21.2. The number of nitrogens with zero attached hydrogens (tertiary/aromatic N) is 3. The number of hydrogen-bond acceptors (Lipinski definition) is 2. The molecule has 5 heteroatoms. The molecule has 0 atom stereocenters. The minimum Gasteiger partial charge on any atom is -0.378 e. The second-order valence-corrected chi connectivity index (χ2v) is 5.63. The van der Waals surface area contributed by atoms with Gasteiger partial charge in [0.25, 0.3) is 0 Å². The first-order valence-corrected chi connectivity index (χ1v) is 7.29. The number of guanidine groups is 1. The van der Waals surface area contributed by atoms with Gasteiger partial charge >= 0.3 is 0 Å². The Morgan fingerprint density at radius 3 is 2.32 bits per heavy atom. The zero-order chi connectivity index (χ0) is 13.0. The van der Waals surface area contributed by atoms with Crippen molar-refractivity contribution >= 4 is 29.9 Å². The topological polar surface area (TPSA) is 28.1 Å². The number of hydrogen-bond donors (Lipinski definition) is 0. The van der Waals surface area contributed by atoms with Gasteiger partial charge in [0.1, 0.15) is 0 Å². The van der Waals surface area contributed by atoms with E-state index >= 15 is 0 Å². The number of piperidine rings is 1. The third-order valence-electron chi connectivity index (χ3n) is 3.69. The third-order valence-corrected chi connectivity index (χ3v) is 3.69. The summed E-state index contributed by atoms with van der Waals surface area (Å²) in [5.74, 6) is 2.00. The second-order valence-electron chi connectivity index (χ2n) is 5.63. The maximum absolute atomic E-state index is 5.98. The molecule has 0 aromatic rings. The molecule has 0 amide bonds. The molecule has 0 unspecified atom stereocenters. The van der Waals surface area contributed by atoms with Gasteiger partial charge < -0.3 is 14.5 Å². The van der Waals surface area contributed by atoms with Gasteiger partial charge in [0.2, 0.25) is 0 Å². The maximum Gasteiger partial charge on any atom is 0.196 e. The molecule has 1 aliphatic carbocycles. The van der Waals surface area contributed by atoms with E-state index in [1.165, 1.54) is 12.8 Å². The summed E-state index contributed by atoms with van der Waals surface area (Å²) >= 11 is 0. The van der Waals surface area contributed by atoms with E-state index in [0.717, 1.165) is 51.0 Å². The first-order valence-electron chi connectivity index (χ1n) is 7.29. The van der Waals surface area contributed by atoms with Crippen molar-refractivity contribution in [2.75, 3.05) is 40.3 Å². The Kier molecular flexibility index (Phi) is 7.42. The lowest BCUT2D eigenvalue weighted by molar-refractivity contribution is 0.0122. The van der Waals surface area contributed by atoms with Gasteiger partial charge in [-0.1, -0.05) is 0 Å². The summed E-state index contributed by atoms with van der Waals surface area (Å²) in [6, 6.07) is 0. The predicted molar refractivity (Wildman–Crippen MR) is 90.3 cm³/mol. The molecule has 1 aliphatic heterocycles. The zero-order valence-electron chi connectivity index (χ0n) is 12.5. The molecule has 2 fully saturated rings. The smallest absolute Gasteiger partial charge is 0.196 e. The van der Waals surface area contributed by atoms with E-state index in [2.05, 4.69) is 35.8 Å². The number of aliphatic imine (C=N–C) groups is 1. The van der Waals surface area contributed by atoms with Gasteiger partial charge in [-0.2, -0.15) is 0 Å². The van der Waals surface area contributed by atoms with Crippen LogP contribution in [0.2, 0.25) is 0 Å². The average molecular weight is 381 g/mol. The fraction of sp³-hybridized carbons (Fsp3) is 0.929. The molecule has 112 valence electrons. The Morgan fingerprint density at radius 1 is 1.21 bits per heavy atom. The second kappa shape index (κ2) is 8.29. The Bertz CT molecular complexity index is 284. The van der Waals surface area contributed by atoms with Crippen molar-refractivity contribution in [1.82, 2.24) is 9.80 Å². The van der Waals surface area contributed by atoms with E-state index in [-0.39, 0.29) is 24.0 Å². The number of halogens is 1. The molecule has 2 aliphatic rings.